The molecule has 0 atom stereocenters. The van der Waals surface area contributed by atoms with Crippen LogP contribution in [0.5, 0.6) is 0 Å². The van der Waals surface area contributed by atoms with Gasteiger partial charge in [-0.25, -0.2) is 18.1 Å². The number of nitrogens with zero attached hydrogens (tertiary/aromatic N) is 1. The van der Waals surface area contributed by atoms with Gasteiger partial charge in [0.1, 0.15) is 0 Å². The fourth-order valence-corrected chi connectivity index (χ4v) is 2.15. The molecule has 1 heterocycles. The number of halogens is 3. The molecule has 0 aliphatic rings. The monoisotopic (exact) mass is 271 g/mol. The number of aromatic amines is 1. The number of imidazole rings is 1. The van der Waals surface area contributed by atoms with Crippen molar-refractivity contribution in [1.29, 1.82) is 0 Å². The van der Waals surface area contributed by atoms with Crippen LogP contribution in [-0.4, -0.2) is 30.3 Å². The molecule has 0 fully saturated rings. The van der Waals surface area contributed by atoms with Gasteiger partial charge in [0, 0.05) is 18.3 Å². The van der Waals surface area contributed by atoms with Crippen LogP contribution in [0.15, 0.2) is 12.5 Å². The first kappa shape index (κ1) is 14.0. The van der Waals surface area contributed by atoms with Crippen LogP contribution in [0, 0.1) is 0 Å². The van der Waals surface area contributed by atoms with Crippen molar-refractivity contribution in [2.24, 2.45) is 0 Å². The van der Waals surface area contributed by atoms with Crippen LogP contribution in [-0.2, 0) is 16.6 Å². The summed E-state index contributed by atoms with van der Waals surface area (Å²) in [6.07, 6.45) is -3.05. The molecule has 0 unspecified atom stereocenters. The maximum atomic E-state index is 11.8. The van der Waals surface area contributed by atoms with Crippen molar-refractivity contribution in [3.8, 4) is 0 Å². The summed E-state index contributed by atoms with van der Waals surface area (Å²) in [6, 6.07) is 0. The lowest BCUT2D eigenvalue weighted by molar-refractivity contribution is -0.134. The van der Waals surface area contributed by atoms with Gasteiger partial charge in [0.25, 0.3) is 0 Å². The van der Waals surface area contributed by atoms with E-state index in [0.717, 1.165) is 0 Å². The number of sulfonamides is 1. The Balaban J connectivity index is 2.31. The highest BCUT2D eigenvalue weighted by molar-refractivity contribution is 7.89. The van der Waals surface area contributed by atoms with Gasteiger partial charge in [0.05, 0.1) is 18.6 Å². The fraction of sp³-hybridized carbons (Fsp3) is 0.625. The number of nitrogens with one attached hydrogen (secondary N) is 2. The van der Waals surface area contributed by atoms with E-state index in [1.54, 1.807) is 0 Å². The molecule has 0 aromatic carbocycles. The Labute approximate surface area is 96.5 Å². The smallest absolute Gasteiger partial charge is 0.347 e. The van der Waals surface area contributed by atoms with Crippen LogP contribution in [0.25, 0.3) is 0 Å². The second-order valence-corrected chi connectivity index (χ2v) is 5.36. The van der Waals surface area contributed by atoms with Crippen molar-refractivity contribution < 1.29 is 21.6 Å². The van der Waals surface area contributed by atoms with E-state index in [4.69, 9.17) is 0 Å². The molecule has 1 aromatic heterocycles. The topological polar surface area (TPSA) is 74.8 Å². The Kier molecular flexibility index (Phi) is 4.52. The van der Waals surface area contributed by atoms with E-state index in [1.807, 2.05) is 0 Å². The minimum Gasteiger partial charge on any atom is -0.347 e. The van der Waals surface area contributed by atoms with Crippen molar-refractivity contribution >= 4 is 10.0 Å². The average Bonchev–Trinajstić information content (AvgIpc) is 2.64. The first-order valence-electron chi connectivity index (χ1n) is 4.80. The lowest BCUT2D eigenvalue weighted by atomic mass is 10.3. The lowest BCUT2D eigenvalue weighted by Gasteiger charge is -2.07. The molecule has 0 spiro atoms. The number of aromatic nitrogens is 2. The van der Waals surface area contributed by atoms with E-state index in [1.165, 1.54) is 12.5 Å². The van der Waals surface area contributed by atoms with Gasteiger partial charge in [-0.1, -0.05) is 0 Å². The Morgan fingerprint density at radius 3 is 2.65 bits per heavy atom. The predicted octanol–water partition coefficient (Wildman–Crippen LogP) is 1.17. The van der Waals surface area contributed by atoms with Gasteiger partial charge in [-0.2, -0.15) is 13.2 Å². The normalized spacial score (nSPS) is 12.9. The summed E-state index contributed by atoms with van der Waals surface area (Å²) < 4.78 is 60.2. The quantitative estimate of drug-likeness (QED) is 0.815. The van der Waals surface area contributed by atoms with E-state index < -0.39 is 34.8 Å². The lowest BCUT2D eigenvalue weighted by Crippen LogP contribution is -2.26. The molecule has 0 bridgehead atoms. The second kappa shape index (κ2) is 5.50. The molecule has 0 radical (unpaired) electrons. The Hall–Kier alpha value is -1.09. The van der Waals surface area contributed by atoms with E-state index in [0.29, 0.717) is 5.69 Å². The SMILES string of the molecule is O=S(=O)(CCCC(F)(F)F)NCc1cnc[nH]1. The van der Waals surface area contributed by atoms with Gasteiger partial charge in [0.15, 0.2) is 0 Å². The standard InChI is InChI=1S/C8H12F3N3O2S/c9-8(10,11)2-1-3-17(15,16)14-5-7-4-12-6-13-7/h4,6,14H,1-3,5H2,(H,12,13). The zero-order valence-corrected chi connectivity index (χ0v) is 9.61. The maximum absolute atomic E-state index is 11.8. The van der Waals surface area contributed by atoms with Gasteiger partial charge in [0.2, 0.25) is 10.0 Å². The number of hydrogen-bond acceptors (Lipinski definition) is 3. The largest absolute Gasteiger partial charge is 0.389 e. The summed E-state index contributed by atoms with van der Waals surface area (Å²) in [4.78, 5) is 6.35. The highest BCUT2D eigenvalue weighted by atomic mass is 32.2. The van der Waals surface area contributed by atoms with Crippen LogP contribution in [0.2, 0.25) is 0 Å². The summed E-state index contributed by atoms with van der Waals surface area (Å²) in [5.41, 5.74) is 0.546. The highest BCUT2D eigenvalue weighted by Crippen LogP contribution is 2.21. The Morgan fingerprint density at radius 1 is 1.41 bits per heavy atom. The minimum atomic E-state index is -4.32. The first-order chi connectivity index (χ1) is 7.79. The molecular weight excluding hydrogens is 259 g/mol. The summed E-state index contributed by atoms with van der Waals surface area (Å²) in [7, 11) is -3.68. The van der Waals surface area contributed by atoms with Gasteiger partial charge < -0.3 is 4.98 Å². The molecule has 0 amide bonds. The Bertz CT molecular complexity index is 427. The number of hydrogen-bond donors (Lipinski definition) is 2. The van der Waals surface area contributed by atoms with Crippen molar-refractivity contribution in [3.63, 3.8) is 0 Å². The van der Waals surface area contributed by atoms with Crippen molar-refractivity contribution in [3.05, 3.63) is 18.2 Å². The highest BCUT2D eigenvalue weighted by Gasteiger charge is 2.27. The molecule has 0 saturated heterocycles. The number of rotatable bonds is 6. The van der Waals surface area contributed by atoms with Crippen LogP contribution >= 0.6 is 0 Å². The molecule has 0 aliphatic carbocycles. The zero-order valence-electron chi connectivity index (χ0n) is 8.79. The maximum Gasteiger partial charge on any atom is 0.389 e. The second-order valence-electron chi connectivity index (χ2n) is 3.44. The van der Waals surface area contributed by atoms with Gasteiger partial charge in [-0.3, -0.25) is 0 Å². The van der Waals surface area contributed by atoms with Gasteiger partial charge >= 0.3 is 6.18 Å². The van der Waals surface area contributed by atoms with E-state index in [-0.39, 0.29) is 6.54 Å². The van der Waals surface area contributed by atoms with E-state index >= 15 is 0 Å². The predicted molar refractivity (Wildman–Crippen MR) is 54.5 cm³/mol. The van der Waals surface area contributed by atoms with Crippen LogP contribution in [0.1, 0.15) is 18.5 Å². The summed E-state index contributed by atoms with van der Waals surface area (Å²) in [5.74, 6) is -0.541. The molecule has 5 nitrogen and oxygen atoms in total. The van der Waals surface area contributed by atoms with Crippen molar-refractivity contribution in [2.75, 3.05) is 5.75 Å². The molecule has 98 valence electrons. The summed E-state index contributed by atoms with van der Waals surface area (Å²) in [6.45, 7) is -0.00560. The Morgan fingerprint density at radius 2 is 2.12 bits per heavy atom. The molecule has 9 heteroatoms. The van der Waals surface area contributed by atoms with E-state index in [2.05, 4.69) is 14.7 Å². The molecule has 0 aliphatic heterocycles. The number of alkyl halides is 3. The molecule has 1 aromatic rings. The van der Waals surface area contributed by atoms with Crippen molar-refractivity contribution in [2.45, 2.75) is 25.6 Å². The average molecular weight is 271 g/mol. The minimum absolute atomic E-state index is 0.00560. The first-order valence-corrected chi connectivity index (χ1v) is 6.45. The van der Waals surface area contributed by atoms with Crippen LogP contribution in [0.4, 0.5) is 13.2 Å². The third-order valence-electron chi connectivity index (χ3n) is 1.91. The zero-order chi connectivity index (χ0) is 12.9. The van der Waals surface area contributed by atoms with Crippen LogP contribution in [0.3, 0.4) is 0 Å². The summed E-state index contributed by atoms with van der Waals surface area (Å²) in [5, 5.41) is 0. The fourth-order valence-electron chi connectivity index (χ4n) is 1.10. The third-order valence-corrected chi connectivity index (χ3v) is 3.32. The van der Waals surface area contributed by atoms with Gasteiger partial charge in [-0.15, -0.1) is 0 Å². The van der Waals surface area contributed by atoms with Crippen LogP contribution < -0.4 is 4.72 Å². The van der Waals surface area contributed by atoms with Crippen molar-refractivity contribution in [1.82, 2.24) is 14.7 Å². The molecular formula is C8H12F3N3O2S. The molecule has 0 saturated carbocycles. The van der Waals surface area contributed by atoms with Gasteiger partial charge in [-0.05, 0) is 6.42 Å². The summed E-state index contributed by atoms with van der Waals surface area (Å²) >= 11 is 0. The molecule has 17 heavy (non-hydrogen) atoms. The molecule has 1 rings (SSSR count). The third kappa shape index (κ3) is 6.27. The number of H-pyrrole nitrogens is 1. The van der Waals surface area contributed by atoms with E-state index in [9.17, 15) is 21.6 Å². The molecule has 2 N–H and O–H groups in total.